The van der Waals surface area contributed by atoms with Gasteiger partial charge in [0.2, 0.25) is 0 Å². The van der Waals surface area contributed by atoms with Crippen molar-refractivity contribution in [2.45, 2.75) is 13.0 Å². The third kappa shape index (κ3) is 2.71. The van der Waals surface area contributed by atoms with Crippen LogP contribution in [0.25, 0.3) is 0 Å². The predicted octanol–water partition coefficient (Wildman–Crippen LogP) is 2.66. The zero-order chi connectivity index (χ0) is 13.0. The molecule has 2 aromatic rings. The van der Waals surface area contributed by atoms with Crippen molar-refractivity contribution in [3.05, 3.63) is 65.2 Å². The van der Waals surface area contributed by atoms with E-state index < -0.39 is 6.10 Å². The summed E-state index contributed by atoms with van der Waals surface area (Å²) in [6, 6.07) is 15.0. The SMILES string of the molecule is Cc1ccccc1C(O)C#Cc1ccccc1N. The van der Waals surface area contributed by atoms with Crippen LogP contribution in [-0.4, -0.2) is 5.11 Å². The third-order valence-electron chi connectivity index (χ3n) is 2.79. The largest absolute Gasteiger partial charge is 0.398 e. The minimum atomic E-state index is -0.786. The molecule has 0 aliphatic rings. The van der Waals surface area contributed by atoms with E-state index in [2.05, 4.69) is 11.8 Å². The maximum Gasteiger partial charge on any atom is 0.140 e. The van der Waals surface area contributed by atoms with Gasteiger partial charge in [0.15, 0.2) is 0 Å². The Labute approximate surface area is 107 Å². The van der Waals surface area contributed by atoms with Crippen molar-refractivity contribution in [3.8, 4) is 11.8 Å². The van der Waals surface area contributed by atoms with Gasteiger partial charge in [0.25, 0.3) is 0 Å². The predicted molar refractivity (Wildman–Crippen MR) is 73.9 cm³/mol. The van der Waals surface area contributed by atoms with Gasteiger partial charge in [-0.05, 0) is 30.2 Å². The molecule has 0 aliphatic carbocycles. The Morgan fingerprint density at radius 3 is 2.44 bits per heavy atom. The molecule has 0 saturated carbocycles. The number of para-hydroxylation sites is 1. The number of hydrogen-bond acceptors (Lipinski definition) is 2. The van der Waals surface area contributed by atoms with Crippen molar-refractivity contribution in [2.24, 2.45) is 0 Å². The molecule has 90 valence electrons. The molecule has 0 aromatic heterocycles. The summed E-state index contributed by atoms with van der Waals surface area (Å²) in [6.07, 6.45) is -0.786. The summed E-state index contributed by atoms with van der Waals surface area (Å²) in [4.78, 5) is 0. The first-order chi connectivity index (χ1) is 8.68. The number of aryl methyl sites for hydroxylation is 1. The van der Waals surface area contributed by atoms with Crippen LogP contribution in [0.5, 0.6) is 0 Å². The molecule has 2 nitrogen and oxygen atoms in total. The Balaban J connectivity index is 2.26. The number of anilines is 1. The molecule has 0 saturated heterocycles. The average molecular weight is 237 g/mol. The number of nitrogen functional groups attached to an aromatic ring is 1. The first kappa shape index (κ1) is 12.2. The summed E-state index contributed by atoms with van der Waals surface area (Å²) >= 11 is 0. The molecular formula is C16H15NO. The fourth-order valence-electron chi connectivity index (χ4n) is 1.73. The lowest BCUT2D eigenvalue weighted by Gasteiger charge is -2.06. The van der Waals surface area contributed by atoms with Crippen LogP contribution in [0.3, 0.4) is 0 Å². The Bertz CT molecular complexity index is 608. The van der Waals surface area contributed by atoms with E-state index in [9.17, 15) is 5.11 Å². The summed E-state index contributed by atoms with van der Waals surface area (Å²) in [6.45, 7) is 1.96. The number of aliphatic hydroxyl groups is 1. The molecule has 0 amide bonds. The van der Waals surface area contributed by atoms with Crippen LogP contribution in [0, 0.1) is 18.8 Å². The molecule has 0 fully saturated rings. The van der Waals surface area contributed by atoms with Gasteiger partial charge in [-0.15, -0.1) is 0 Å². The van der Waals surface area contributed by atoms with Gasteiger partial charge in [-0.1, -0.05) is 48.2 Å². The zero-order valence-electron chi connectivity index (χ0n) is 10.2. The van der Waals surface area contributed by atoms with E-state index in [1.165, 1.54) is 0 Å². The lowest BCUT2D eigenvalue weighted by molar-refractivity contribution is 0.237. The van der Waals surface area contributed by atoms with Crippen molar-refractivity contribution in [1.82, 2.24) is 0 Å². The molecule has 1 atom stereocenters. The third-order valence-corrected chi connectivity index (χ3v) is 2.79. The fraction of sp³-hybridized carbons (Fsp3) is 0.125. The number of nitrogens with two attached hydrogens (primary N) is 1. The highest BCUT2D eigenvalue weighted by atomic mass is 16.3. The van der Waals surface area contributed by atoms with E-state index in [4.69, 9.17) is 5.73 Å². The number of rotatable bonds is 1. The van der Waals surface area contributed by atoms with E-state index in [0.717, 1.165) is 16.7 Å². The second-order valence-electron chi connectivity index (χ2n) is 4.12. The van der Waals surface area contributed by atoms with Gasteiger partial charge in [0, 0.05) is 11.3 Å². The van der Waals surface area contributed by atoms with Crippen LogP contribution in [0.2, 0.25) is 0 Å². The van der Waals surface area contributed by atoms with E-state index in [0.29, 0.717) is 5.69 Å². The molecular weight excluding hydrogens is 222 g/mol. The molecule has 0 bridgehead atoms. The van der Waals surface area contributed by atoms with Gasteiger partial charge in [0.05, 0.1) is 0 Å². The smallest absolute Gasteiger partial charge is 0.140 e. The number of hydrogen-bond donors (Lipinski definition) is 2. The monoisotopic (exact) mass is 237 g/mol. The van der Waals surface area contributed by atoms with Gasteiger partial charge in [-0.3, -0.25) is 0 Å². The highest BCUT2D eigenvalue weighted by Crippen LogP contribution is 2.17. The molecule has 18 heavy (non-hydrogen) atoms. The number of benzene rings is 2. The molecule has 0 spiro atoms. The summed E-state index contributed by atoms with van der Waals surface area (Å²) in [5.41, 5.74) is 9.02. The topological polar surface area (TPSA) is 46.2 Å². The maximum atomic E-state index is 10.0. The summed E-state index contributed by atoms with van der Waals surface area (Å²) in [7, 11) is 0. The Hall–Kier alpha value is -2.24. The van der Waals surface area contributed by atoms with Gasteiger partial charge in [-0.2, -0.15) is 0 Å². The van der Waals surface area contributed by atoms with Crippen molar-refractivity contribution < 1.29 is 5.11 Å². The fourth-order valence-corrected chi connectivity index (χ4v) is 1.73. The average Bonchev–Trinajstić information content (AvgIpc) is 2.38. The second-order valence-corrected chi connectivity index (χ2v) is 4.12. The Morgan fingerprint density at radius 2 is 1.72 bits per heavy atom. The first-order valence-electron chi connectivity index (χ1n) is 5.78. The van der Waals surface area contributed by atoms with Crippen LogP contribution in [0.1, 0.15) is 22.8 Å². The van der Waals surface area contributed by atoms with Gasteiger partial charge in [-0.25, -0.2) is 0 Å². The lowest BCUT2D eigenvalue weighted by Crippen LogP contribution is -1.97. The van der Waals surface area contributed by atoms with Crippen LogP contribution >= 0.6 is 0 Å². The van der Waals surface area contributed by atoms with Gasteiger partial charge in [0.1, 0.15) is 6.10 Å². The Kier molecular flexibility index (Phi) is 3.66. The van der Waals surface area contributed by atoms with Crippen LogP contribution in [0.15, 0.2) is 48.5 Å². The van der Waals surface area contributed by atoms with E-state index in [1.807, 2.05) is 49.4 Å². The van der Waals surface area contributed by atoms with Crippen molar-refractivity contribution in [2.75, 3.05) is 5.73 Å². The van der Waals surface area contributed by atoms with E-state index >= 15 is 0 Å². The van der Waals surface area contributed by atoms with E-state index in [-0.39, 0.29) is 0 Å². The summed E-state index contributed by atoms with van der Waals surface area (Å²) < 4.78 is 0. The lowest BCUT2D eigenvalue weighted by atomic mass is 10.0. The van der Waals surface area contributed by atoms with E-state index in [1.54, 1.807) is 6.07 Å². The Morgan fingerprint density at radius 1 is 1.06 bits per heavy atom. The highest BCUT2D eigenvalue weighted by Gasteiger charge is 2.05. The minimum absolute atomic E-state index is 0.627. The molecule has 0 heterocycles. The van der Waals surface area contributed by atoms with Crippen molar-refractivity contribution >= 4 is 5.69 Å². The standard InChI is InChI=1S/C16H15NO/c1-12-6-2-4-8-14(12)16(18)11-10-13-7-3-5-9-15(13)17/h2-9,16,18H,17H2,1H3. The quantitative estimate of drug-likeness (QED) is 0.591. The van der Waals surface area contributed by atoms with Crippen LogP contribution in [0.4, 0.5) is 5.69 Å². The molecule has 1 unspecified atom stereocenters. The van der Waals surface area contributed by atoms with Crippen molar-refractivity contribution in [1.29, 1.82) is 0 Å². The van der Waals surface area contributed by atoms with Gasteiger partial charge < -0.3 is 10.8 Å². The first-order valence-corrected chi connectivity index (χ1v) is 5.78. The minimum Gasteiger partial charge on any atom is -0.398 e. The molecule has 0 aliphatic heterocycles. The molecule has 2 rings (SSSR count). The highest BCUT2D eigenvalue weighted by molar-refractivity contribution is 5.55. The molecule has 0 radical (unpaired) electrons. The second kappa shape index (κ2) is 5.39. The molecule has 3 N–H and O–H groups in total. The van der Waals surface area contributed by atoms with Crippen molar-refractivity contribution in [3.63, 3.8) is 0 Å². The summed E-state index contributed by atoms with van der Waals surface area (Å²) in [5, 5.41) is 10.0. The van der Waals surface area contributed by atoms with Crippen LogP contribution < -0.4 is 5.73 Å². The van der Waals surface area contributed by atoms with Crippen LogP contribution in [-0.2, 0) is 0 Å². The molecule has 2 heteroatoms. The number of aliphatic hydroxyl groups excluding tert-OH is 1. The molecule has 2 aromatic carbocycles. The van der Waals surface area contributed by atoms with Gasteiger partial charge >= 0.3 is 0 Å². The zero-order valence-corrected chi connectivity index (χ0v) is 10.2. The maximum absolute atomic E-state index is 10.0. The normalized spacial score (nSPS) is 11.4. The summed E-state index contributed by atoms with van der Waals surface area (Å²) in [5.74, 6) is 5.74.